The second-order valence-corrected chi connectivity index (χ2v) is 4.41. The Kier molecular flexibility index (Phi) is 3.86. The van der Waals surface area contributed by atoms with E-state index in [2.05, 4.69) is 5.32 Å². The average molecular weight is 208 g/mol. The summed E-state index contributed by atoms with van der Waals surface area (Å²) in [5.41, 5.74) is 0. The lowest BCUT2D eigenvalue weighted by Gasteiger charge is -2.10. The summed E-state index contributed by atoms with van der Waals surface area (Å²) >= 11 is 0. The van der Waals surface area contributed by atoms with Crippen molar-refractivity contribution in [3.8, 4) is 0 Å². The lowest BCUT2D eigenvalue weighted by atomic mass is 10.3. The molecule has 7 heteroatoms. The molecule has 0 saturated carbocycles. The molecule has 0 bridgehead atoms. The van der Waals surface area contributed by atoms with E-state index in [4.69, 9.17) is 0 Å². The van der Waals surface area contributed by atoms with E-state index in [1.807, 2.05) is 0 Å². The summed E-state index contributed by atoms with van der Waals surface area (Å²) in [6.07, 6.45) is 0.866. The maximum atomic E-state index is 11.0. The Morgan fingerprint density at radius 1 is 1.31 bits per heavy atom. The van der Waals surface area contributed by atoms with E-state index >= 15 is 0 Å². The topological polar surface area (TPSA) is 92.3 Å². The van der Waals surface area contributed by atoms with Crippen molar-refractivity contribution in [3.63, 3.8) is 0 Å². The van der Waals surface area contributed by atoms with Crippen LogP contribution in [0.15, 0.2) is 0 Å². The van der Waals surface area contributed by atoms with Crippen molar-refractivity contribution in [3.05, 3.63) is 0 Å². The van der Waals surface area contributed by atoms with Crippen molar-refractivity contribution < 1.29 is 18.0 Å². The van der Waals surface area contributed by atoms with Gasteiger partial charge in [0.05, 0.1) is 6.26 Å². The molecule has 0 aliphatic heterocycles. The van der Waals surface area contributed by atoms with Crippen molar-refractivity contribution in [1.82, 2.24) is 10.0 Å². The van der Waals surface area contributed by atoms with Crippen LogP contribution in [-0.4, -0.2) is 32.5 Å². The summed E-state index contributed by atoms with van der Waals surface area (Å²) in [4.78, 5) is 21.5. The predicted octanol–water partition coefficient (Wildman–Crippen LogP) is -1.41. The van der Waals surface area contributed by atoms with Gasteiger partial charge in [0.25, 0.3) is 5.91 Å². The lowest BCUT2D eigenvalue weighted by molar-refractivity contribution is -0.126. The molecule has 0 radical (unpaired) electrons. The van der Waals surface area contributed by atoms with Crippen LogP contribution in [0.1, 0.15) is 13.8 Å². The van der Waals surface area contributed by atoms with E-state index in [9.17, 15) is 18.0 Å². The molecule has 0 rings (SSSR count). The van der Waals surface area contributed by atoms with Crippen molar-refractivity contribution in [2.24, 2.45) is 0 Å². The first kappa shape index (κ1) is 11.9. The maximum absolute atomic E-state index is 11.0. The van der Waals surface area contributed by atoms with Crippen LogP contribution in [0.4, 0.5) is 0 Å². The fourth-order valence-electron chi connectivity index (χ4n) is 0.642. The Labute approximate surface area is 76.7 Å². The van der Waals surface area contributed by atoms with E-state index < -0.39 is 27.9 Å². The Morgan fingerprint density at radius 2 is 1.77 bits per heavy atom. The summed E-state index contributed by atoms with van der Waals surface area (Å²) in [5.74, 6) is -1.14. The summed E-state index contributed by atoms with van der Waals surface area (Å²) in [5, 5.41) is 2.25. The highest BCUT2D eigenvalue weighted by atomic mass is 32.2. The summed E-state index contributed by atoms with van der Waals surface area (Å²) in [6.45, 7) is 2.63. The van der Waals surface area contributed by atoms with E-state index in [-0.39, 0.29) is 0 Å². The lowest BCUT2D eigenvalue weighted by Crippen LogP contribution is -2.45. The van der Waals surface area contributed by atoms with Crippen molar-refractivity contribution in [2.45, 2.75) is 19.9 Å². The molecule has 0 aliphatic carbocycles. The molecule has 2 amide bonds. The van der Waals surface area contributed by atoms with Crippen LogP contribution in [0.25, 0.3) is 0 Å². The molecule has 2 N–H and O–H groups in total. The molecule has 0 spiro atoms. The molecule has 13 heavy (non-hydrogen) atoms. The van der Waals surface area contributed by atoms with Gasteiger partial charge in [-0.05, 0) is 6.92 Å². The van der Waals surface area contributed by atoms with Gasteiger partial charge in [-0.25, -0.2) is 8.42 Å². The minimum atomic E-state index is -3.56. The van der Waals surface area contributed by atoms with Crippen LogP contribution in [0.2, 0.25) is 0 Å². The summed E-state index contributed by atoms with van der Waals surface area (Å²) in [7, 11) is -3.56. The summed E-state index contributed by atoms with van der Waals surface area (Å²) in [6, 6.07) is -0.854. The number of carbonyl (C=O) groups is 2. The predicted molar refractivity (Wildman–Crippen MR) is 46.3 cm³/mol. The number of sulfonamides is 1. The molecule has 0 fully saturated rings. The van der Waals surface area contributed by atoms with Crippen LogP contribution < -0.4 is 10.0 Å². The highest BCUT2D eigenvalue weighted by Gasteiger charge is 2.16. The summed E-state index contributed by atoms with van der Waals surface area (Å²) < 4.78 is 22.9. The second-order valence-electron chi connectivity index (χ2n) is 2.66. The number of hydrogen-bond acceptors (Lipinski definition) is 4. The number of rotatable bonds is 3. The third kappa shape index (κ3) is 6.09. The van der Waals surface area contributed by atoms with E-state index in [0.29, 0.717) is 0 Å². The van der Waals surface area contributed by atoms with Crippen LogP contribution in [-0.2, 0) is 19.6 Å². The third-order valence-corrected chi connectivity index (χ3v) is 1.67. The first-order valence-corrected chi connectivity index (χ1v) is 5.40. The number of hydrogen-bond donors (Lipinski definition) is 2. The molecule has 0 aromatic carbocycles. The van der Waals surface area contributed by atoms with Crippen molar-refractivity contribution >= 4 is 21.8 Å². The monoisotopic (exact) mass is 208 g/mol. The van der Waals surface area contributed by atoms with E-state index in [0.717, 1.165) is 6.26 Å². The second kappa shape index (κ2) is 4.22. The highest BCUT2D eigenvalue weighted by molar-refractivity contribution is 7.89. The van der Waals surface area contributed by atoms with Crippen molar-refractivity contribution in [2.75, 3.05) is 6.26 Å². The Hall–Kier alpha value is -1.11. The van der Waals surface area contributed by atoms with Crippen LogP contribution >= 0.6 is 0 Å². The molecule has 0 aliphatic rings. The Bertz CT molecular complexity index is 309. The standard InChI is InChI=1S/C6H12N2O4S/c1-4(7-5(2)9)6(10)8-13(3,11)12/h4H,1-3H3,(H,7,9)(H,8,10). The smallest absolute Gasteiger partial charge is 0.255 e. The van der Waals surface area contributed by atoms with Crippen molar-refractivity contribution in [1.29, 1.82) is 0 Å². The van der Waals surface area contributed by atoms with Crippen LogP contribution in [0.5, 0.6) is 0 Å². The maximum Gasteiger partial charge on any atom is 0.255 e. The minimum Gasteiger partial charge on any atom is -0.345 e. The molecule has 76 valence electrons. The Morgan fingerprint density at radius 3 is 2.08 bits per heavy atom. The molecule has 6 nitrogen and oxygen atoms in total. The molecule has 0 saturated heterocycles. The van der Waals surface area contributed by atoms with Gasteiger partial charge in [-0.3, -0.25) is 14.3 Å². The van der Waals surface area contributed by atoms with E-state index in [1.165, 1.54) is 13.8 Å². The highest BCUT2D eigenvalue weighted by Crippen LogP contribution is 1.84. The molecule has 1 unspecified atom stereocenters. The zero-order valence-corrected chi connectivity index (χ0v) is 8.44. The fourth-order valence-corrected chi connectivity index (χ4v) is 1.18. The van der Waals surface area contributed by atoms with E-state index in [1.54, 1.807) is 4.72 Å². The number of nitrogens with one attached hydrogen (secondary N) is 2. The largest absolute Gasteiger partial charge is 0.345 e. The number of amides is 2. The van der Waals surface area contributed by atoms with Gasteiger partial charge in [-0.2, -0.15) is 0 Å². The van der Waals surface area contributed by atoms with Crippen LogP contribution in [0.3, 0.4) is 0 Å². The normalized spacial score (nSPS) is 13.2. The zero-order chi connectivity index (χ0) is 10.6. The first-order chi connectivity index (χ1) is 5.72. The van der Waals surface area contributed by atoms with Gasteiger partial charge >= 0.3 is 0 Å². The van der Waals surface area contributed by atoms with Gasteiger partial charge in [0.15, 0.2) is 0 Å². The number of carbonyl (C=O) groups excluding carboxylic acids is 2. The fraction of sp³-hybridized carbons (Fsp3) is 0.667. The molecule has 0 aromatic rings. The zero-order valence-electron chi connectivity index (χ0n) is 7.62. The van der Waals surface area contributed by atoms with Gasteiger partial charge in [0.1, 0.15) is 6.04 Å². The van der Waals surface area contributed by atoms with Gasteiger partial charge in [-0.15, -0.1) is 0 Å². The molecule has 0 aromatic heterocycles. The van der Waals surface area contributed by atoms with Gasteiger partial charge in [0, 0.05) is 6.92 Å². The quantitative estimate of drug-likeness (QED) is 0.595. The van der Waals surface area contributed by atoms with Crippen LogP contribution in [0, 0.1) is 0 Å². The SMILES string of the molecule is CC(=O)NC(C)C(=O)NS(C)(=O)=O. The minimum absolute atomic E-state index is 0.392. The van der Waals surface area contributed by atoms with Gasteiger partial charge in [-0.1, -0.05) is 0 Å². The first-order valence-electron chi connectivity index (χ1n) is 3.51. The average Bonchev–Trinajstić information content (AvgIpc) is 1.81. The third-order valence-electron chi connectivity index (χ3n) is 1.10. The molecular formula is C6H12N2O4S. The Balaban J connectivity index is 4.21. The van der Waals surface area contributed by atoms with Gasteiger partial charge < -0.3 is 5.32 Å². The van der Waals surface area contributed by atoms with Gasteiger partial charge in [0.2, 0.25) is 15.9 Å². The molecule has 0 heterocycles. The molecular weight excluding hydrogens is 196 g/mol. The molecule has 1 atom stereocenters.